The number of nitrogens with one attached hydrogen (secondary N) is 1. The molecular weight excluding hydrogens is 265 g/mol. The van der Waals surface area contributed by atoms with Gasteiger partial charge in [-0.1, -0.05) is 37.0 Å². The first-order chi connectivity index (χ1) is 8.51. The van der Waals surface area contributed by atoms with Crippen molar-refractivity contribution in [3.63, 3.8) is 0 Å². The van der Waals surface area contributed by atoms with Crippen molar-refractivity contribution in [2.75, 3.05) is 6.54 Å². The average molecular weight is 286 g/mol. The van der Waals surface area contributed by atoms with Gasteiger partial charge in [0.05, 0.1) is 0 Å². The molecule has 1 aromatic carbocycles. The Kier molecular flexibility index (Phi) is 4.58. The summed E-state index contributed by atoms with van der Waals surface area (Å²) in [7, 11) is 0. The van der Waals surface area contributed by atoms with Crippen LogP contribution in [0.5, 0.6) is 0 Å². The first-order valence-electron chi connectivity index (χ1n) is 6.70. The maximum Gasteiger partial charge on any atom is 0.0439 e. The Hall–Kier alpha value is -0.240. The van der Waals surface area contributed by atoms with E-state index in [1.807, 2.05) is 18.2 Å². The fraction of sp³-hybridized carbons (Fsp3) is 0.600. The van der Waals surface area contributed by atoms with E-state index in [1.165, 1.54) is 24.8 Å². The summed E-state index contributed by atoms with van der Waals surface area (Å²) in [5.74, 6) is 0.688. The highest BCUT2D eigenvalue weighted by Gasteiger charge is 2.34. The van der Waals surface area contributed by atoms with Crippen LogP contribution in [0.25, 0.3) is 0 Å². The highest BCUT2D eigenvalue weighted by atomic mass is 35.5. The van der Waals surface area contributed by atoms with Crippen LogP contribution in [0, 0.1) is 5.92 Å². The molecule has 0 bridgehead atoms. The van der Waals surface area contributed by atoms with Gasteiger partial charge in [-0.25, -0.2) is 0 Å². The molecule has 1 heterocycles. The molecule has 0 aromatic heterocycles. The summed E-state index contributed by atoms with van der Waals surface area (Å²) < 4.78 is 0. The van der Waals surface area contributed by atoms with Crippen LogP contribution in [0.3, 0.4) is 0 Å². The van der Waals surface area contributed by atoms with Crippen LogP contribution in [-0.2, 0) is 6.42 Å². The summed E-state index contributed by atoms with van der Waals surface area (Å²) in [5, 5.41) is 5.30. The third kappa shape index (κ3) is 3.40. The summed E-state index contributed by atoms with van der Waals surface area (Å²) >= 11 is 12.4. The van der Waals surface area contributed by atoms with E-state index < -0.39 is 0 Å². The van der Waals surface area contributed by atoms with E-state index in [0.29, 0.717) is 5.92 Å². The van der Waals surface area contributed by atoms with Gasteiger partial charge in [-0.3, -0.25) is 0 Å². The Balaban J connectivity index is 2.20. The highest BCUT2D eigenvalue weighted by Crippen LogP contribution is 2.33. The molecule has 1 aromatic rings. The Labute approximate surface area is 120 Å². The van der Waals surface area contributed by atoms with E-state index in [0.717, 1.165) is 23.0 Å². The Morgan fingerprint density at radius 2 is 2.11 bits per heavy atom. The molecule has 0 aliphatic carbocycles. The Bertz CT molecular complexity index is 409. The zero-order valence-electron chi connectivity index (χ0n) is 11.1. The SMILES string of the molecule is CC(C)CC1(Cc2cc(Cl)ccc2Cl)CCCN1. The van der Waals surface area contributed by atoms with E-state index in [-0.39, 0.29) is 5.54 Å². The lowest BCUT2D eigenvalue weighted by Gasteiger charge is -2.32. The van der Waals surface area contributed by atoms with Crippen molar-refractivity contribution in [2.24, 2.45) is 5.92 Å². The summed E-state index contributed by atoms with van der Waals surface area (Å²) in [4.78, 5) is 0. The lowest BCUT2D eigenvalue weighted by Crippen LogP contribution is -2.43. The lowest BCUT2D eigenvalue weighted by molar-refractivity contribution is 0.301. The van der Waals surface area contributed by atoms with Gasteiger partial charge < -0.3 is 5.32 Å². The lowest BCUT2D eigenvalue weighted by atomic mass is 9.82. The van der Waals surface area contributed by atoms with Gasteiger partial charge in [0.2, 0.25) is 0 Å². The van der Waals surface area contributed by atoms with Gasteiger partial charge >= 0.3 is 0 Å². The van der Waals surface area contributed by atoms with Crippen LogP contribution in [0.15, 0.2) is 18.2 Å². The number of halogens is 2. The molecule has 1 aliphatic heterocycles. The van der Waals surface area contributed by atoms with Gasteiger partial charge in [-0.15, -0.1) is 0 Å². The number of benzene rings is 1. The molecule has 18 heavy (non-hydrogen) atoms. The second-order valence-corrected chi connectivity index (χ2v) is 6.66. The minimum absolute atomic E-state index is 0.211. The summed E-state index contributed by atoms with van der Waals surface area (Å²) in [5.41, 5.74) is 1.38. The minimum atomic E-state index is 0.211. The topological polar surface area (TPSA) is 12.0 Å². The van der Waals surface area contributed by atoms with Gasteiger partial charge in [-0.05, 0) is 61.9 Å². The number of hydrogen-bond acceptors (Lipinski definition) is 1. The molecule has 2 rings (SSSR count). The average Bonchev–Trinajstić information content (AvgIpc) is 2.71. The summed E-state index contributed by atoms with van der Waals surface area (Å²) in [6.45, 7) is 5.67. The van der Waals surface area contributed by atoms with Crippen molar-refractivity contribution in [1.82, 2.24) is 5.32 Å². The van der Waals surface area contributed by atoms with Crippen molar-refractivity contribution < 1.29 is 0 Å². The fourth-order valence-corrected chi connectivity index (χ4v) is 3.47. The molecule has 0 spiro atoms. The standard InChI is InChI=1S/C15H21Cl2N/c1-11(2)9-15(6-3-7-18-15)10-12-8-13(16)4-5-14(12)17/h4-5,8,11,18H,3,6-7,9-10H2,1-2H3. The van der Waals surface area contributed by atoms with Crippen molar-refractivity contribution in [1.29, 1.82) is 0 Å². The van der Waals surface area contributed by atoms with Crippen molar-refractivity contribution in [3.05, 3.63) is 33.8 Å². The molecule has 0 amide bonds. The maximum atomic E-state index is 6.29. The van der Waals surface area contributed by atoms with Crippen LogP contribution >= 0.6 is 23.2 Å². The quantitative estimate of drug-likeness (QED) is 0.845. The zero-order valence-corrected chi connectivity index (χ0v) is 12.6. The first kappa shape index (κ1) is 14.2. The normalized spacial score (nSPS) is 23.8. The van der Waals surface area contributed by atoms with Crippen molar-refractivity contribution >= 4 is 23.2 Å². The van der Waals surface area contributed by atoms with Crippen LogP contribution in [0.1, 0.15) is 38.7 Å². The molecule has 0 saturated carbocycles. The van der Waals surface area contributed by atoms with Crippen LogP contribution in [0.2, 0.25) is 10.0 Å². The molecule has 1 unspecified atom stereocenters. The van der Waals surface area contributed by atoms with Crippen molar-refractivity contribution in [2.45, 2.75) is 45.1 Å². The van der Waals surface area contributed by atoms with Gasteiger partial charge in [0.1, 0.15) is 0 Å². The minimum Gasteiger partial charge on any atom is -0.311 e. The molecule has 100 valence electrons. The van der Waals surface area contributed by atoms with E-state index in [9.17, 15) is 0 Å². The van der Waals surface area contributed by atoms with Gasteiger partial charge in [0.25, 0.3) is 0 Å². The molecular formula is C15H21Cl2N. The second kappa shape index (κ2) is 5.81. The van der Waals surface area contributed by atoms with E-state index >= 15 is 0 Å². The molecule has 1 aliphatic rings. The molecule has 1 atom stereocenters. The third-order valence-electron chi connectivity index (χ3n) is 3.67. The van der Waals surface area contributed by atoms with Gasteiger partial charge in [-0.2, -0.15) is 0 Å². The number of hydrogen-bond donors (Lipinski definition) is 1. The van der Waals surface area contributed by atoms with Crippen LogP contribution < -0.4 is 5.32 Å². The maximum absolute atomic E-state index is 6.29. The summed E-state index contributed by atoms with van der Waals surface area (Å²) in [6.07, 6.45) is 4.65. The smallest absolute Gasteiger partial charge is 0.0439 e. The van der Waals surface area contributed by atoms with E-state index in [2.05, 4.69) is 19.2 Å². The van der Waals surface area contributed by atoms with Gasteiger partial charge in [0.15, 0.2) is 0 Å². The first-order valence-corrected chi connectivity index (χ1v) is 7.45. The predicted octanol–water partition coefficient (Wildman–Crippen LogP) is 4.70. The van der Waals surface area contributed by atoms with E-state index in [1.54, 1.807) is 0 Å². The fourth-order valence-electron chi connectivity index (χ4n) is 3.09. The molecule has 0 radical (unpaired) electrons. The van der Waals surface area contributed by atoms with Gasteiger partial charge in [0, 0.05) is 15.6 Å². The largest absolute Gasteiger partial charge is 0.311 e. The number of rotatable bonds is 4. The predicted molar refractivity (Wildman–Crippen MR) is 79.6 cm³/mol. The molecule has 1 N–H and O–H groups in total. The van der Waals surface area contributed by atoms with E-state index in [4.69, 9.17) is 23.2 Å². The highest BCUT2D eigenvalue weighted by molar-refractivity contribution is 6.33. The molecule has 1 nitrogen and oxygen atoms in total. The monoisotopic (exact) mass is 285 g/mol. The molecule has 3 heteroatoms. The second-order valence-electron chi connectivity index (χ2n) is 5.82. The van der Waals surface area contributed by atoms with Crippen LogP contribution in [-0.4, -0.2) is 12.1 Å². The molecule has 1 fully saturated rings. The van der Waals surface area contributed by atoms with Crippen LogP contribution in [0.4, 0.5) is 0 Å². The zero-order chi connectivity index (χ0) is 13.2. The third-order valence-corrected chi connectivity index (χ3v) is 4.27. The Morgan fingerprint density at radius 3 is 2.72 bits per heavy atom. The molecule has 1 saturated heterocycles. The van der Waals surface area contributed by atoms with Crippen molar-refractivity contribution in [3.8, 4) is 0 Å². The Morgan fingerprint density at radius 1 is 1.33 bits per heavy atom. The summed E-state index contributed by atoms with van der Waals surface area (Å²) in [6, 6.07) is 5.76.